The first-order valence-electron chi connectivity index (χ1n) is 5.83. The smallest absolute Gasteiger partial charge is 0.326 e. The molecule has 0 aliphatic rings. The molecule has 2 atom stereocenters. The predicted octanol–water partition coefficient (Wildman–Crippen LogP) is 0.0980. The number of primary amides is 1. The number of hydrogen-bond donors (Lipinski definition) is 3. The Morgan fingerprint density at radius 2 is 2.00 bits per heavy atom. The molecular weight excluding hydrogens is 270 g/mol. The lowest BCUT2D eigenvalue weighted by molar-refractivity contribution is -0.139. The van der Waals surface area contributed by atoms with E-state index in [2.05, 4.69) is 5.32 Å². The maximum absolute atomic E-state index is 11.8. The molecule has 3 amide bonds. The fourth-order valence-electron chi connectivity index (χ4n) is 1.35. The number of amides is 3. The van der Waals surface area contributed by atoms with Crippen molar-refractivity contribution in [2.75, 3.05) is 19.1 Å². The molecule has 0 aromatic rings. The average Bonchev–Trinajstić information content (AvgIpc) is 2.32. The van der Waals surface area contributed by atoms with Crippen LogP contribution in [-0.2, 0) is 9.59 Å². The second kappa shape index (κ2) is 8.63. The van der Waals surface area contributed by atoms with E-state index in [0.29, 0.717) is 0 Å². The monoisotopic (exact) mass is 291 g/mol. The first kappa shape index (κ1) is 17.6. The lowest BCUT2D eigenvalue weighted by Crippen LogP contribution is -2.49. The van der Waals surface area contributed by atoms with Gasteiger partial charge in [0.05, 0.1) is 0 Å². The number of thioether (sulfide) groups is 1. The quantitative estimate of drug-likeness (QED) is 0.587. The Morgan fingerprint density at radius 1 is 1.42 bits per heavy atom. The number of urea groups is 1. The number of carbonyl (C=O) groups is 3. The molecule has 0 aliphatic heterocycles. The fourth-order valence-corrected chi connectivity index (χ4v) is 2.05. The van der Waals surface area contributed by atoms with E-state index in [4.69, 9.17) is 10.8 Å². The zero-order chi connectivity index (χ0) is 15.0. The van der Waals surface area contributed by atoms with E-state index in [-0.39, 0.29) is 18.9 Å². The van der Waals surface area contributed by atoms with Gasteiger partial charge in [-0.2, -0.15) is 11.8 Å². The molecule has 0 heterocycles. The van der Waals surface area contributed by atoms with Crippen molar-refractivity contribution in [2.24, 2.45) is 5.73 Å². The minimum absolute atomic E-state index is 0.0127. The topological polar surface area (TPSA) is 113 Å². The maximum Gasteiger partial charge on any atom is 0.326 e. The van der Waals surface area contributed by atoms with Gasteiger partial charge in [0.1, 0.15) is 6.04 Å². The Balaban J connectivity index is 4.45. The summed E-state index contributed by atoms with van der Waals surface area (Å²) in [6, 6.07) is -1.59. The fraction of sp³-hybridized carbons (Fsp3) is 0.727. The molecule has 0 bridgehead atoms. The molecule has 0 aromatic carbocycles. The SMILES string of the molecule is CSCC(C)N(C)C(=O)N[C@H](CCC(N)=O)C(=O)O. The highest BCUT2D eigenvalue weighted by atomic mass is 32.2. The lowest BCUT2D eigenvalue weighted by Gasteiger charge is -2.26. The van der Waals surface area contributed by atoms with Crippen LogP contribution in [0.4, 0.5) is 4.79 Å². The van der Waals surface area contributed by atoms with Crippen LogP contribution in [0.25, 0.3) is 0 Å². The summed E-state index contributed by atoms with van der Waals surface area (Å²) in [6.07, 6.45) is 1.83. The third-order valence-electron chi connectivity index (χ3n) is 2.66. The van der Waals surface area contributed by atoms with Gasteiger partial charge in [-0.3, -0.25) is 4.79 Å². The molecule has 8 heteroatoms. The van der Waals surface area contributed by atoms with Gasteiger partial charge >= 0.3 is 12.0 Å². The Hall–Kier alpha value is -1.44. The van der Waals surface area contributed by atoms with Crippen LogP contribution in [0.15, 0.2) is 0 Å². The van der Waals surface area contributed by atoms with E-state index < -0.39 is 23.9 Å². The van der Waals surface area contributed by atoms with Gasteiger partial charge < -0.3 is 21.1 Å². The van der Waals surface area contributed by atoms with Crippen LogP contribution in [0.1, 0.15) is 19.8 Å². The van der Waals surface area contributed by atoms with Crippen molar-refractivity contribution in [2.45, 2.75) is 31.8 Å². The minimum atomic E-state index is -1.18. The van der Waals surface area contributed by atoms with E-state index in [1.165, 1.54) is 4.90 Å². The first-order chi connectivity index (χ1) is 8.79. The van der Waals surface area contributed by atoms with Crippen LogP contribution in [0.3, 0.4) is 0 Å². The number of nitrogens with zero attached hydrogens (tertiary/aromatic N) is 1. The van der Waals surface area contributed by atoms with E-state index in [1.807, 2.05) is 13.2 Å². The summed E-state index contributed by atoms with van der Waals surface area (Å²) in [5.41, 5.74) is 4.96. The van der Waals surface area contributed by atoms with Crippen LogP contribution in [-0.4, -0.2) is 59.1 Å². The lowest BCUT2D eigenvalue weighted by atomic mass is 10.1. The third kappa shape index (κ3) is 6.90. The summed E-state index contributed by atoms with van der Waals surface area (Å²) in [5.74, 6) is -1.02. The number of nitrogens with two attached hydrogens (primary N) is 1. The molecule has 7 nitrogen and oxygen atoms in total. The summed E-state index contributed by atoms with van der Waals surface area (Å²) in [4.78, 5) is 34.9. The molecule has 19 heavy (non-hydrogen) atoms. The van der Waals surface area contributed by atoms with Crippen LogP contribution in [0.5, 0.6) is 0 Å². The number of carbonyl (C=O) groups excluding carboxylic acids is 2. The van der Waals surface area contributed by atoms with Gasteiger partial charge in [0.15, 0.2) is 0 Å². The molecule has 0 radical (unpaired) electrons. The zero-order valence-electron chi connectivity index (χ0n) is 11.4. The summed E-state index contributed by atoms with van der Waals surface area (Å²) < 4.78 is 0. The molecule has 0 aliphatic carbocycles. The number of carboxylic acids is 1. The van der Waals surface area contributed by atoms with Gasteiger partial charge in [0.25, 0.3) is 0 Å². The Kier molecular flexibility index (Phi) is 7.97. The average molecular weight is 291 g/mol. The minimum Gasteiger partial charge on any atom is -0.480 e. The van der Waals surface area contributed by atoms with Crippen molar-refractivity contribution in [3.05, 3.63) is 0 Å². The van der Waals surface area contributed by atoms with Gasteiger partial charge in [0, 0.05) is 25.3 Å². The second-order valence-electron chi connectivity index (χ2n) is 4.26. The van der Waals surface area contributed by atoms with Crippen molar-refractivity contribution < 1.29 is 19.5 Å². The van der Waals surface area contributed by atoms with Crippen LogP contribution in [0.2, 0.25) is 0 Å². The predicted molar refractivity (Wildman–Crippen MR) is 74.0 cm³/mol. The molecule has 0 fully saturated rings. The highest BCUT2D eigenvalue weighted by Gasteiger charge is 2.23. The molecule has 0 saturated carbocycles. The molecule has 110 valence electrons. The van der Waals surface area contributed by atoms with Crippen LogP contribution >= 0.6 is 11.8 Å². The summed E-state index contributed by atoms with van der Waals surface area (Å²) in [5, 5.41) is 11.4. The summed E-state index contributed by atoms with van der Waals surface area (Å²) in [7, 11) is 1.60. The van der Waals surface area contributed by atoms with Crippen molar-refractivity contribution in [1.29, 1.82) is 0 Å². The van der Waals surface area contributed by atoms with Gasteiger partial charge in [-0.05, 0) is 19.6 Å². The van der Waals surface area contributed by atoms with E-state index >= 15 is 0 Å². The van der Waals surface area contributed by atoms with E-state index in [0.717, 1.165) is 5.75 Å². The number of carboxylic acid groups (broad SMARTS) is 1. The molecule has 0 rings (SSSR count). The number of nitrogens with one attached hydrogen (secondary N) is 1. The van der Waals surface area contributed by atoms with Crippen molar-refractivity contribution >= 4 is 29.7 Å². The summed E-state index contributed by atoms with van der Waals surface area (Å²) in [6.45, 7) is 1.87. The third-order valence-corrected chi connectivity index (χ3v) is 3.48. The first-order valence-corrected chi connectivity index (χ1v) is 7.22. The van der Waals surface area contributed by atoms with Gasteiger partial charge in [-0.25, -0.2) is 9.59 Å². The van der Waals surface area contributed by atoms with Crippen molar-refractivity contribution in [3.8, 4) is 0 Å². The number of hydrogen-bond acceptors (Lipinski definition) is 4. The highest BCUT2D eigenvalue weighted by molar-refractivity contribution is 7.98. The molecule has 0 aromatic heterocycles. The molecular formula is C11H21N3O4S. The van der Waals surface area contributed by atoms with Crippen LogP contribution < -0.4 is 11.1 Å². The van der Waals surface area contributed by atoms with E-state index in [1.54, 1.807) is 18.8 Å². The van der Waals surface area contributed by atoms with Gasteiger partial charge in [0.2, 0.25) is 5.91 Å². The highest BCUT2D eigenvalue weighted by Crippen LogP contribution is 2.05. The van der Waals surface area contributed by atoms with Crippen molar-refractivity contribution in [1.82, 2.24) is 10.2 Å². The Bertz CT molecular complexity index is 338. The number of aliphatic carboxylic acids is 1. The normalized spacial score (nSPS) is 13.4. The maximum atomic E-state index is 11.8. The standard InChI is InChI=1S/C11H21N3O4S/c1-7(6-19-3)14(2)11(18)13-8(10(16)17)4-5-9(12)15/h7-8H,4-6H2,1-3H3,(H2,12,15)(H,13,18)(H,16,17)/t7?,8-/m1/s1. The molecule has 1 unspecified atom stereocenters. The molecule has 0 spiro atoms. The Morgan fingerprint density at radius 3 is 2.42 bits per heavy atom. The largest absolute Gasteiger partial charge is 0.480 e. The molecule has 4 N–H and O–H groups in total. The van der Waals surface area contributed by atoms with Gasteiger partial charge in [-0.1, -0.05) is 0 Å². The second-order valence-corrected chi connectivity index (χ2v) is 5.17. The zero-order valence-corrected chi connectivity index (χ0v) is 12.2. The van der Waals surface area contributed by atoms with E-state index in [9.17, 15) is 14.4 Å². The summed E-state index contributed by atoms with van der Waals surface area (Å²) >= 11 is 1.60. The van der Waals surface area contributed by atoms with Gasteiger partial charge in [-0.15, -0.1) is 0 Å². The molecule has 0 saturated heterocycles. The van der Waals surface area contributed by atoms with Crippen LogP contribution in [0, 0.1) is 0 Å². The van der Waals surface area contributed by atoms with Crippen molar-refractivity contribution in [3.63, 3.8) is 0 Å². The number of rotatable bonds is 8. The Labute approximate surface area is 116 Å².